The summed E-state index contributed by atoms with van der Waals surface area (Å²) in [6.45, 7) is 0. The number of nitriles is 1. The lowest BCUT2D eigenvalue weighted by Gasteiger charge is -2.04. The molecule has 55 heavy (non-hydrogen) atoms. The molecular weight excluding hydrogens is 741 g/mol. The Morgan fingerprint density at radius 2 is 1.07 bits per heavy atom. The molecule has 2 atom stereocenters. The van der Waals surface area contributed by atoms with Gasteiger partial charge in [0, 0.05) is 27.7 Å². The first-order valence-corrected chi connectivity index (χ1v) is 18.7. The summed E-state index contributed by atoms with van der Waals surface area (Å²) < 4.78 is 20.2. The van der Waals surface area contributed by atoms with Crippen LogP contribution in [0.3, 0.4) is 0 Å². The van der Waals surface area contributed by atoms with Crippen molar-refractivity contribution in [3.63, 3.8) is 0 Å². The zero-order valence-electron chi connectivity index (χ0n) is 30.1. The fraction of sp³-hybridized carbons (Fsp3) is 0.200. The van der Waals surface area contributed by atoms with Crippen molar-refractivity contribution in [3.05, 3.63) is 108 Å². The molecule has 0 amide bonds. The summed E-state index contributed by atoms with van der Waals surface area (Å²) in [5, 5.41) is 22.0. The molecule has 3 aromatic carbocycles. The van der Waals surface area contributed by atoms with Crippen LogP contribution in [0.1, 0.15) is 17.1 Å². The van der Waals surface area contributed by atoms with Gasteiger partial charge < -0.3 is 24.1 Å². The van der Waals surface area contributed by atoms with Gasteiger partial charge in [-0.2, -0.15) is 5.26 Å². The number of nitrogens with zero attached hydrogens (tertiary/aromatic N) is 6. The van der Waals surface area contributed by atoms with Crippen LogP contribution in [0.2, 0.25) is 0 Å². The predicted molar refractivity (Wildman–Crippen MR) is 215 cm³/mol. The highest BCUT2D eigenvalue weighted by Crippen LogP contribution is 2.27. The molecule has 278 valence electrons. The molecule has 0 unspecified atom stereocenters. The van der Waals surface area contributed by atoms with E-state index in [1.807, 2.05) is 91.0 Å². The second-order valence-corrected chi connectivity index (χ2v) is 13.8. The Balaban J connectivity index is 0.000000143. The Hall–Kier alpha value is -6.24. The van der Waals surface area contributed by atoms with Crippen LogP contribution >= 0.6 is 23.5 Å². The smallest absolute Gasteiger partial charge is 0.331 e. The highest BCUT2D eigenvalue weighted by Gasteiger charge is 2.27. The maximum Gasteiger partial charge on any atom is 0.331 e. The molecule has 0 saturated heterocycles. The third-order valence-electron chi connectivity index (χ3n) is 8.30. The molecule has 13 nitrogen and oxygen atoms in total. The lowest BCUT2D eigenvalue weighted by atomic mass is 10.2. The molecule has 0 fully saturated rings. The summed E-state index contributed by atoms with van der Waals surface area (Å²) in [5.41, 5.74) is 4.46. The van der Waals surface area contributed by atoms with Crippen molar-refractivity contribution in [2.45, 2.75) is 12.1 Å². The van der Waals surface area contributed by atoms with E-state index in [4.69, 9.17) is 29.3 Å². The SMILES string of the molecule is COC(=O)[C@H]1CSC(c2ccc3cc(OC)ccc3n2)=N1.COc1ccc2nc(C#N)ccc2c1.COc1ccc2nc(C3=N[C@@H](C(=O)O)CS3)ccc2c1. The fourth-order valence-electron chi connectivity index (χ4n) is 5.40. The topological polar surface area (TPSA) is 178 Å². The van der Waals surface area contributed by atoms with Gasteiger partial charge in [0.05, 0.1) is 56.4 Å². The number of methoxy groups -OCH3 is 4. The largest absolute Gasteiger partial charge is 0.497 e. The third-order valence-corrected chi connectivity index (χ3v) is 10.4. The van der Waals surface area contributed by atoms with Crippen molar-refractivity contribution in [1.29, 1.82) is 5.26 Å². The standard InChI is InChI=1S/C15H14N2O3S.C14H12N2O3S.C11H8N2O/c1-19-10-4-6-11-9(7-10)3-5-12(16-11)14-17-13(8-21-14)15(18)20-2;1-19-9-3-5-10-8(6-9)2-4-11(15-10)13-16-12(7-20-13)14(17)18;1-14-10-4-5-11-8(6-10)2-3-9(7-12)13-11/h3-7,13H,8H2,1-2H3;2-6,12H,7H2,1H3,(H,17,18);2-6H,1H3/t13-;12-;/m11./s1. The number of hydrogen-bond donors (Lipinski definition) is 1. The number of carboxylic acid groups (broad SMARTS) is 1. The quantitative estimate of drug-likeness (QED) is 0.172. The highest BCUT2D eigenvalue weighted by atomic mass is 32.2. The average Bonchev–Trinajstić information content (AvgIpc) is 3.95. The van der Waals surface area contributed by atoms with Crippen molar-refractivity contribution in [3.8, 4) is 23.3 Å². The van der Waals surface area contributed by atoms with E-state index in [1.54, 1.807) is 27.4 Å². The number of aliphatic imine (C=N–C) groups is 2. The third kappa shape index (κ3) is 9.29. The molecule has 0 radical (unpaired) electrons. The molecule has 0 bridgehead atoms. The molecule has 3 aromatic heterocycles. The van der Waals surface area contributed by atoms with Crippen LogP contribution in [0.5, 0.6) is 17.2 Å². The van der Waals surface area contributed by atoms with E-state index in [1.165, 1.54) is 30.6 Å². The summed E-state index contributed by atoms with van der Waals surface area (Å²) in [5.74, 6) is 2.25. The van der Waals surface area contributed by atoms with Crippen LogP contribution < -0.4 is 14.2 Å². The Morgan fingerprint density at radius 1 is 0.636 bits per heavy atom. The Morgan fingerprint density at radius 3 is 1.49 bits per heavy atom. The lowest BCUT2D eigenvalue weighted by Crippen LogP contribution is -2.19. The number of hydrogen-bond acceptors (Lipinski definition) is 14. The molecule has 8 rings (SSSR count). The van der Waals surface area contributed by atoms with Crippen LogP contribution in [0.4, 0.5) is 0 Å². The van der Waals surface area contributed by atoms with Gasteiger partial charge in [-0.05, 0) is 78.9 Å². The molecule has 0 spiro atoms. The number of aliphatic carboxylic acids is 1. The molecule has 15 heteroatoms. The monoisotopic (exact) mass is 774 g/mol. The van der Waals surface area contributed by atoms with Gasteiger partial charge in [-0.1, -0.05) is 12.1 Å². The van der Waals surface area contributed by atoms with Crippen molar-refractivity contribution < 1.29 is 33.6 Å². The zero-order chi connectivity index (χ0) is 38.9. The maximum absolute atomic E-state index is 11.5. The molecule has 0 aliphatic carbocycles. The number of benzene rings is 3. The van der Waals surface area contributed by atoms with E-state index < -0.39 is 18.1 Å². The Labute approximate surface area is 324 Å². The van der Waals surface area contributed by atoms with Gasteiger partial charge >= 0.3 is 11.9 Å². The van der Waals surface area contributed by atoms with Crippen molar-refractivity contribution in [2.75, 3.05) is 39.9 Å². The zero-order valence-corrected chi connectivity index (χ0v) is 31.8. The van der Waals surface area contributed by atoms with E-state index in [0.717, 1.165) is 66.4 Å². The molecule has 2 aliphatic heterocycles. The van der Waals surface area contributed by atoms with Crippen LogP contribution in [-0.4, -0.2) is 94.1 Å². The number of fused-ring (bicyclic) bond motifs is 3. The lowest BCUT2D eigenvalue weighted by molar-refractivity contribution is -0.141. The number of thioether (sulfide) groups is 2. The van der Waals surface area contributed by atoms with E-state index in [9.17, 15) is 9.59 Å². The fourth-order valence-corrected chi connectivity index (χ4v) is 7.39. The van der Waals surface area contributed by atoms with Gasteiger partial charge in [0.15, 0.2) is 12.1 Å². The maximum atomic E-state index is 11.5. The average molecular weight is 775 g/mol. The second kappa shape index (κ2) is 17.7. The number of esters is 1. The van der Waals surface area contributed by atoms with Crippen LogP contribution in [-0.2, 0) is 14.3 Å². The number of rotatable bonds is 7. The second-order valence-electron chi connectivity index (χ2n) is 11.8. The number of carboxylic acids is 1. The van der Waals surface area contributed by atoms with E-state index in [2.05, 4.69) is 24.9 Å². The number of pyridine rings is 3. The first-order chi connectivity index (χ1) is 26.7. The molecule has 0 saturated carbocycles. The van der Waals surface area contributed by atoms with Gasteiger partial charge in [-0.15, -0.1) is 23.5 Å². The minimum atomic E-state index is -0.891. The molecule has 1 N–H and O–H groups in total. The molecule has 2 aliphatic rings. The predicted octanol–water partition coefficient (Wildman–Crippen LogP) is 6.58. The number of ether oxygens (including phenoxy) is 4. The first kappa shape index (κ1) is 38.5. The van der Waals surface area contributed by atoms with E-state index in [0.29, 0.717) is 22.2 Å². The summed E-state index contributed by atoms with van der Waals surface area (Å²) in [6, 6.07) is 29.1. The molecular formula is C40H34N6O7S2. The van der Waals surface area contributed by atoms with Crippen LogP contribution in [0, 0.1) is 11.3 Å². The van der Waals surface area contributed by atoms with Crippen LogP contribution in [0.25, 0.3) is 32.7 Å². The number of carbonyl (C=O) groups is 2. The van der Waals surface area contributed by atoms with E-state index >= 15 is 0 Å². The van der Waals surface area contributed by atoms with Crippen molar-refractivity contribution in [1.82, 2.24) is 15.0 Å². The van der Waals surface area contributed by atoms with Gasteiger partial charge in [-0.3, -0.25) is 9.98 Å². The van der Waals surface area contributed by atoms with Gasteiger partial charge in [0.2, 0.25) is 0 Å². The summed E-state index contributed by atoms with van der Waals surface area (Å²) in [7, 11) is 6.26. The van der Waals surface area contributed by atoms with Gasteiger partial charge in [-0.25, -0.2) is 24.5 Å². The van der Waals surface area contributed by atoms with E-state index in [-0.39, 0.29) is 5.97 Å². The molecule has 5 heterocycles. The van der Waals surface area contributed by atoms with Gasteiger partial charge in [0.1, 0.15) is 39.1 Å². The summed E-state index contributed by atoms with van der Waals surface area (Å²) in [4.78, 5) is 44.3. The van der Waals surface area contributed by atoms with Gasteiger partial charge in [0.25, 0.3) is 0 Å². The van der Waals surface area contributed by atoms with Crippen molar-refractivity contribution >= 4 is 78.3 Å². The van der Waals surface area contributed by atoms with Crippen LogP contribution in [0.15, 0.2) is 101 Å². The molecule has 6 aromatic rings. The summed E-state index contributed by atoms with van der Waals surface area (Å²) >= 11 is 2.96. The Kier molecular flexibility index (Phi) is 12.4. The highest BCUT2D eigenvalue weighted by molar-refractivity contribution is 8.15. The summed E-state index contributed by atoms with van der Waals surface area (Å²) in [6.07, 6.45) is 0. The minimum Gasteiger partial charge on any atom is -0.497 e. The minimum absolute atomic E-state index is 0.303. The number of aromatic nitrogens is 3. The first-order valence-electron chi connectivity index (χ1n) is 16.7. The Bertz CT molecular complexity index is 2510. The normalized spacial score (nSPS) is 15.8. The number of carbonyl (C=O) groups excluding carboxylic acids is 1. The van der Waals surface area contributed by atoms with Crippen molar-refractivity contribution in [2.24, 2.45) is 9.98 Å².